The van der Waals surface area contributed by atoms with Crippen LogP contribution in [-0.4, -0.2) is 51.4 Å². The minimum absolute atomic E-state index is 0.0628. The van der Waals surface area contributed by atoms with Gasteiger partial charge in [0.25, 0.3) is 0 Å². The topological polar surface area (TPSA) is 50.8 Å². The molecule has 0 saturated carbocycles. The largest absolute Gasteiger partial charge is 0.492 e. The number of alkyl carbamates (subject to hydrolysis) is 1. The quantitative estimate of drug-likeness (QED) is 0.388. The average molecular weight is 455 g/mol. The fourth-order valence-electron chi connectivity index (χ4n) is 4.02. The second kappa shape index (κ2) is 11.4. The Hall–Kier alpha value is -3.75. The van der Waals surface area contributed by atoms with Crippen molar-refractivity contribution in [3.63, 3.8) is 0 Å². The van der Waals surface area contributed by atoms with Crippen LogP contribution in [0.5, 0.6) is 5.75 Å². The van der Waals surface area contributed by atoms with Crippen LogP contribution in [0, 0.1) is 11.8 Å². The summed E-state index contributed by atoms with van der Waals surface area (Å²) in [6.07, 6.45) is 0.133. The average Bonchev–Trinajstić information content (AvgIpc) is 3.17. The molecule has 0 heterocycles. The Morgan fingerprint density at radius 3 is 2.24 bits per heavy atom. The maximum absolute atomic E-state index is 12.2. The Labute approximate surface area is 201 Å². The van der Waals surface area contributed by atoms with Crippen LogP contribution in [0.1, 0.15) is 29.0 Å². The van der Waals surface area contributed by atoms with Crippen LogP contribution in [0.4, 0.5) is 4.79 Å². The molecule has 1 aliphatic carbocycles. The predicted octanol–water partition coefficient (Wildman–Crippen LogP) is 4.91. The van der Waals surface area contributed by atoms with Gasteiger partial charge in [0.15, 0.2) is 0 Å². The first-order valence-electron chi connectivity index (χ1n) is 11.6. The number of benzene rings is 3. The number of hydrogen-bond acceptors (Lipinski definition) is 4. The summed E-state index contributed by atoms with van der Waals surface area (Å²) >= 11 is 0. The van der Waals surface area contributed by atoms with Crippen molar-refractivity contribution in [3.05, 3.63) is 89.5 Å². The Morgan fingerprint density at radius 1 is 0.941 bits per heavy atom. The van der Waals surface area contributed by atoms with Crippen LogP contribution < -0.4 is 10.1 Å². The molecular weight excluding hydrogens is 424 g/mol. The normalized spacial score (nSPS) is 11.9. The Morgan fingerprint density at radius 2 is 1.59 bits per heavy atom. The van der Waals surface area contributed by atoms with Gasteiger partial charge in [-0.25, -0.2) is 4.79 Å². The minimum atomic E-state index is -0.414. The van der Waals surface area contributed by atoms with Crippen LogP contribution >= 0.6 is 0 Å². The third-order valence-electron chi connectivity index (χ3n) is 5.76. The molecule has 0 saturated heterocycles. The van der Waals surface area contributed by atoms with Crippen molar-refractivity contribution in [2.24, 2.45) is 0 Å². The lowest BCUT2D eigenvalue weighted by atomic mass is 9.98. The van der Waals surface area contributed by atoms with Crippen LogP contribution in [0.25, 0.3) is 11.1 Å². The number of fused-ring (bicyclic) bond motifs is 3. The highest BCUT2D eigenvalue weighted by Gasteiger charge is 2.28. The monoisotopic (exact) mass is 454 g/mol. The van der Waals surface area contributed by atoms with E-state index < -0.39 is 6.09 Å². The molecule has 3 aromatic carbocycles. The zero-order chi connectivity index (χ0) is 23.8. The van der Waals surface area contributed by atoms with E-state index in [1.165, 1.54) is 22.3 Å². The maximum atomic E-state index is 12.2. The Kier molecular flexibility index (Phi) is 7.85. The molecule has 174 valence electrons. The lowest BCUT2D eigenvalue weighted by Gasteiger charge is -2.14. The lowest BCUT2D eigenvalue weighted by molar-refractivity contribution is 0.143. The van der Waals surface area contributed by atoms with Gasteiger partial charge in [-0.1, -0.05) is 60.4 Å². The van der Waals surface area contributed by atoms with Gasteiger partial charge in [0.05, 0.1) is 0 Å². The fourth-order valence-corrected chi connectivity index (χ4v) is 4.02. The highest BCUT2D eigenvalue weighted by atomic mass is 16.5. The van der Waals surface area contributed by atoms with E-state index in [1.54, 1.807) is 0 Å². The van der Waals surface area contributed by atoms with Crippen LogP contribution in [0.2, 0.25) is 0 Å². The summed E-state index contributed by atoms with van der Waals surface area (Å²) < 4.78 is 11.2. The number of hydrogen-bond donors (Lipinski definition) is 1. The molecular formula is C29H30N2O3. The molecule has 34 heavy (non-hydrogen) atoms. The van der Waals surface area contributed by atoms with Gasteiger partial charge >= 0.3 is 6.09 Å². The van der Waals surface area contributed by atoms with E-state index in [9.17, 15) is 4.79 Å². The first-order valence-corrected chi connectivity index (χ1v) is 11.6. The molecule has 0 bridgehead atoms. The Balaban J connectivity index is 1.20. The summed E-state index contributed by atoms with van der Waals surface area (Å²) in [6.45, 7) is 2.28. The van der Waals surface area contributed by atoms with Crippen molar-refractivity contribution in [2.45, 2.75) is 12.3 Å². The van der Waals surface area contributed by atoms with E-state index in [0.717, 1.165) is 17.9 Å². The summed E-state index contributed by atoms with van der Waals surface area (Å²) in [6, 6.07) is 24.3. The number of nitrogens with one attached hydrogen (secondary N) is 1. The third kappa shape index (κ3) is 5.98. The predicted molar refractivity (Wildman–Crippen MR) is 135 cm³/mol. The van der Waals surface area contributed by atoms with Crippen molar-refractivity contribution < 1.29 is 14.3 Å². The summed E-state index contributed by atoms with van der Waals surface area (Å²) in [4.78, 5) is 14.3. The zero-order valence-electron chi connectivity index (χ0n) is 19.7. The molecule has 0 spiro atoms. The van der Waals surface area contributed by atoms with E-state index >= 15 is 0 Å². The lowest BCUT2D eigenvalue weighted by Crippen LogP contribution is -2.26. The zero-order valence-corrected chi connectivity index (χ0v) is 19.7. The van der Waals surface area contributed by atoms with Crippen molar-refractivity contribution in [2.75, 3.05) is 40.4 Å². The first-order chi connectivity index (χ1) is 16.6. The van der Waals surface area contributed by atoms with E-state index in [2.05, 4.69) is 46.3 Å². The van der Waals surface area contributed by atoms with Gasteiger partial charge in [0, 0.05) is 31.0 Å². The van der Waals surface area contributed by atoms with Crippen molar-refractivity contribution in [1.29, 1.82) is 0 Å². The first kappa shape index (κ1) is 23.4. The standard InChI is InChI=1S/C29H30N2O3/c1-31(2)19-20-33-23-16-14-22(15-17-23)9-7-8-18-30-29(32)34-21-28-26-12-5-3-10-24(26)25-11-4-6-13-27(25)28/h3-6,10-17,28H,8,18-21H2,1-2H3,(H,30,32). The maximum Gasteiger partial charge on any atom is 0.407 e. The smallest absolute Gasteiger partial charge is 0.407 e. The van der Waals surface area contributed by atoms with Crippen molar-refractivity contribution >= 4 is 6.09 Å². The molecule has 0 aromatic heterocycles. The van der Waals surface area contributed by atoms with Gasteiger partial charge in [-0.05, 0) is 60.6 Å². The number of likely N-dealkylation sites (N-methyl/N-ethyl adjacent to an activating group) is 1. The number of carbonyl (C=O) groups excluding carboxylic acids is 1. The van der Waals surface area contributed by atoms with Crippen molar-refractivity contribution in [1.82, 2.24) is 10.2 Å². The molecule has 1 aliphatic rings. The fraction of sp³-hybridized carbons (Fsp3) is 0.276. The summed E-state index contributed by atoms with van der Waals surface area (Å²) in [5.41, 5.74) is 5.76. The molecule has 4 rings (SSSR count). The number of ether oxygens (including phenoxy) is 2. The van der Waals surface area contributed by atoms with Crippen LogP contribution in [0.15, 0.2) is 72.8 Å². The molecule has 0 fully saturated rings. The summed E-state index contributed by atoms with van der Waals surface area (Å²) in [7, 11) is 4.04. The second-order valence-electron chi connectivity index (χ2n) is 8.48. The van der Waals surface area contributed by atoms with Crippen molar-refractivity contribution in [3.8, 4) is 28.7 Å². The molecule has 5 heteroatoms. The number of nitrogens with zero attached hydrogens (tertiary/aromatic N) is 1. The molecule has 3 aromatic rings. The van der Waals surface area contributed by atoms with Crippen LogP contribution in [-0.2, 0) is 4.74 Å². The Bertz CT molecular complexity index is 1130. The minimum Gasteiger partial charge on any atom is -0.492 e. The van der Waals surface area contributed by atoms with Gasteiger partial charge in [-0.15, -0.1) is 0 Å². The third-order valence-corrected chi connectivity index (χ3v) is 5.76. The summed E-state index contributed by atoms with van der Waals surface area (Å²) in [5, 5.41) is 2.79. The van der Waals surface area contributed by atoms with E-state index in [-0.39, 0.29) is 5.92 Å². The van der Waals surface area contributed by atoms with E-state index in [4.69, 9.17) is 9.47 Å². The number of amides is 1. The highest BCUT2D eigenvalue weighted by Crippen LogP contribution is 2.44. The summed E-state index contributed by atoms with van der Waals surface area (Å²) in [5.74, 6) is 7.10. The SMILES string of the molecule is CN(C)CCOc1ccc(C#CCCNC(=O)OCC2c3ccccc3-c3ccccc32)cc1. The molecule has 1 amide bonds. The van der Waals surface area contributed by atoms with Gasteiger partial charge in [0.1, 0.15) is 19.0 Å². The number of rotatable bonds is 8. The molecule has 5 nitrogen and oxygen atoms in total. The van der Waals surface area contributed by atoms with E-state index in [0.29, 0.717) is 26.2 Å². The van der Waals surface area contributed by atoms with E-state index in [1.807, 2.05) is 62.6 Å². The molecule has 0 atom stereocenters. The highest BCUT2D eigenvalue weighted by molar-refractivity contribution is 5.79. The molecule has 1 N–H and O–H groups in total. The van der Waals surface area contributed by atoms with Crippen LogP contribution in [0.3, 0.4) is 0 Å². The number of carbonyl (C=O) groups is 1. The van der Waals surface area contributed by atoms with Gasteiger partial charge in [0.2, 0.25) is 0 Å². The second-order valence-corrected chi connectivity index (χ2v) is 8.48. The van der Waals surface area contributed by atoms with Gasteiger partial charge in [-0.3, -0.25) is 0 Å². The van der Waals surface area contributed by atoms with Gasteiger partial charge in [-0.2, -0.15) is 0 Å². The molecule has 0 radical (unpaired) electrons. The van der Waals surface area contributed by atoms with Gasteiger partial charge < -0.3 is 19.7 Å². The molecule has 0 unspecified atom stereocenters. The molecule has 0 aliphatic heterocycles.